The maximum atomic E-state index is 13.8. The van der Waals surface area contributed by atoms with E-state index in [0.717, 1.165) is 6.20 Å². The van der Waals surface area contributed by atoms with Gasteiger partial charge in [-0.15, -0.1) is 0 Å². The minimum Gasteiger partial charge on any atom is -0.502 e. The van der Waals surface area contributed by atoms with Crippen molar-refractivity contribution in [1.82, 2.24) is 19.8 Å². The Hall–Kier alpha value is -3.54. The van der Waals surface area contributed by atoms with Crippen molar-refractivity contribution in [3.63, 3.8) is 0 Å². The lowest BCUT2D eigenvalue weighted by Crippen LogP contribution is -2.59. The molecular formula is C20H20F3N5O4. The largest absolute Gasteiger partial charge is 0.502 e. The molecule has 1 fully saturated rings. The van der Waals surface area contributed by atoms with Crippen LogP contribution in [0.5, 0.6) is 5.75 Å². The summed E-state index contributed by atoms with van der Waals surface area (Å²) in [6.45, 7) is 1.66. The molecule has 0 atom stereocenters. The second-order valence-electron chi connectivity index (χ2n) is 7.69. The van der Waals surface area contributed by atoms with Crippen molar-refractivity contribution in [2.24, 2.45) is 0 Å². The number of benzene rings is 1. The summed E-state index contributed by atoms with van der Waals surface area (Å²) in [7, 11) is 1.89. The van der Waals surface area contributed by atoms with E-state index in [1.807, 2.05) is 11.9 Å². The minimum atomic E-state index is -1.19. The van der Waals surface area contributed by atoms with Crippen LogP contribution < -0.4 is 15.8 Å². The molecule has 0 unspecified atom stereocenters. The Morgan fingerprint density at radius 2 is 1.75 bits per heavy atom. The summed E-state index contributed by atoms with van der Waals surface area (Å²) in [6, 6.07) is 0.945. The standard InChI is InChI=1S/C20H20F3N5O4/c1-25-2-4-26-10-27(5-3-25)28-9-13(17(29)18(30)16(28)20(26)32)19(31)24-8-12-14(22)6-11(21)7-15(12)23/h6-7,9,30H,2-5,8,10H2,1H3,(H,24,31). The number of amides is 2. The zero-order valence-electron chi connectivity index (χ0n) is 17.1. The second-order valence-corrected chi connectivity index (χ2v) is 7.69. The molecule has 1 saturated heterocycles. The second kappa shape index (κ2) is 8.19. The Morgan fingerprint density at radius 1 is 1.09 bits per heavy atom. The van der Waals surface area contributed by atoms with E-state index >= 15 is 0 Å². The van der Waals surface area contributed by atoms with Gasteiger partial charge in [0.05, 0.1) is 0 Å². The molecule has 2 bridgehead atoms. The molecule has 0 saturated carbocycles. The highest BCUT2D eigenvalue weighted by Gasteiger charge is 2.35. The summed E-state index contributed by atoms with van der Waals surface area (Å²) in [5.74, 6) is -5.93. The third-order valence-corrected chi connectivity index (χ3v) is 5.56. The Bertz CT molecular complexity index is 1150. The summed E-state index contributed by atoms with van der Waals surface area (Å²) in [6.07, 6.45) is 1.13. The molecule has 2 aromatic rings. The number of halogens is 3. The Labute approximate surface area is 180 Å². The van der Waals surface area contributed by atoms with Crippen LogP contribution in [0.15, 0.2) is 23.1 Å². The monoisotopic (exact) mass is 451 g/mol. The lowest BCUT2D eigenvalue weighted by atomic mass is 10.1. The predicted molar refractivity (Wildman–Crippen MR) is 106 cm³/mol. The SMILES string of the molecule is CN1CCN2CN(CC1)n1cc(C(=O)NCc3c(F)cc(F)cc3F)c(=O)c(O)c1C2=O. The number of nitrogens with zero attached hydrogens (tertiary/aromatic N) is 4. The van der Waals surface area contributed by atoms with E-state index in [0.29, 0.717) is 38.3 Å². The normalized spacial score (nSPS) is 16.4. The molecule has 1 aromatic carbocycles. The first-order valence-corrected chi connectivity index (χ1v) is 9.80. The molecule has 2 aliphatic heterocycles. The fourth-order valence-corrected chi connectivity index (χ4v) is 3.70. The maximum Gasteiger partial charge on any atom is 0.277 e. The van der Waals surface area contributed by atoms with Gasteiger partial charge in [-0.05, 0) is 7.05 Å². The molecule has 12 heteroatoms. The smallest absolute Gasteiger partial charge is 0.277 e. The summed E-state index contributed by atoms with van der Waals surface area (Å²) < 4.78 is 42.0. The summed E-state index contributed by atoms with van der Waals surface area (Å²) in [5, 5.41) is 14.4. The van der Waals surface area contributed by atoms with Gasteiger partial charge in [0.1, 0.15) is 29.7 Å². The number of carbonyl (C=O) groups is 2. The number of fused-ring (bicyclic) bond motifs is 4. The highest BCUT2D eigenvalue weighted by atomic mass is 19.1. The number of aromatic hydroxyl groups is 1. The molecule has 0 spiro atoms. The van der Waals surface area contributed by atoms with Crippen molar-refractivity contribution in [3.05, 3.63) is 62.8 Å². The number of hydrogen-bond acceptors (Lipinski definition) is 6. The maximum absolute atomic E-state index is 13.8. The van der Waals surface area contributed by atoms with Crippen molar-refractivity contribution in [2.45, 2.75) is 6.54 Å². The minimum absolute atomic E-state index is 0.203. The quantitative estimate of drug-likeness (QED) is 0.692. The van der Waals surface area contributed by atoms with Crippen LogP contribution in [-0.2, 0) is 6.54 Å². The molecular weight excluding hydrogens is 431 g/mol. The first-order chi connectivity index (χ1) is 15.2. The van der Waals surface area contributed by atoms with Gasteiger partial charge in [0, 0.05) is 56.6 Å². The van der Waals surface area contributed by atoms with Crippen LogP contribution in [-0.4, -0.2) is 71.3 Å². The van der Waals surface area contributed by atoms with Crippen molar-refractivity contribution in [1.29, 1.82) is 0 Å². The molecule has 2 N–H and O–H groups in total. The van der Waals surface area contributed by atoms with Crippen molar-refractivity contribution < 1.29 is 27.9 Å². The van der Waals surface area contributed by atoms with Gasteiger partial charge in [0.25, 0.3) is 11.8 Å². The van der Waals surface area contributed by atoms with Crippen LogP contribution in [0, 0.1) is 17.5 Å². The van der Waals surface area contributed by atoms with Gasteiger partial charge >= 0.3 is 0 Å². The van der Waals surface area contributed by atoms with Crippen LogP contribution in [0.2, 0.25) is 0 Å². The van der Waals surface area contributed by atoms with Crippen LogP contribution in [0.1, 0.15) is 26.4 Å². The molecule has 9 nitrogen and oxygen atoms in total. The average molecular weight is 451 g/mol. The van der Waals surface area contributed by atoms with E-state index in [9.17, 15) is 32.7 Å². The molecule has 2 aliphatic rings. The topological polar surface area (TPSA) is 98.1 Å². The zero-order valence-corrected chi connectivity index (χ0v) is 17.1. The molecule has 32 heavy (non-hydrogen) atoms. The molecule has 0 aliphatic carbocycles. The number of rotatable bonds is 3. The third-order valence-electron chi connectivity index (χ3n) is 5.56. The Morgan fingerprint density at radius 3 is 2.44 bits per heavy atom. The fourth-order valence-electron chi connectivity index (χ4n) is 3.70. The number of hydrogen-bond donors (Lipinski definition) is 2. The van der Waals surface area contributed by atoms with E-state index in [2.05, 4.69) is 5.32 Å². The van der Waals surface area contributed by atoms with Crippen molar-refractivity contribution >= 4 is 11.8 Å². The van der Waals surface area contributed by atoms with E-state index in [1.165, 1.54) is 9.58 Å². The van der Waals surface area contributed by atoms with Crippen LogP contribution in [0.25, 0.3) is 0 Å². The Kier molecular flexibility index (Phi) is 5.55. The van der Waals surface area contributed by atoms with E-state index in [4.69, 9.17) is 0 Å². The van der Waals surface area contributed by atoms with E-state index in [1.54, 1.807) is 5.01 Å². The number of nitrogens with one attached hydrogen (secondary N) is 1. The Balaban J connectivity index is 1.66. The lowest BCUT2D eigenvalue weighted by molar-refractivity contribution is 0.0644. The average Bonchev–Trinajstić information content (AvgIpc) is 2.72. The summed E-state index contributed by atoms with van der Waals surface area (Å²) in [5.41, 5.74) is -2.43. The zero-order chi connectivity index (χ0) is 23.2. The van der Waals surface area contributed by atoms with E-state index in [-0.39, 0.29) is 12.4 Å². The van der Waals surface area contributed by atoms with Gasteiger partial charge in [-0.2, -0.15) is 0 Å². The molecule has 170 valence electrons. The summed E-state index contributed by atoms with van der Waals surface area (Å²) >= 11 is 0. The van der Waals surface area contributed by atoms with Crippen LogP contribution in [0.3, 0.4) is 0 Å². The van der Waals surface area contributed by atoms with Gasteiger partial charge in [0.15, 0.2) is 11.4 Å². The fraction of sp³-hybridized carbons (Fsp3) is 0.350. The molecule has 0 radical (unpaired) electrons. The van der Waals surface area contributed by atoms with Crippen molar-refractivity contribution in [2.75, 3.05) is 44.9 Å². The molecule has 4 rings (SSSR count). The van der Waals surface area contributed by atoms with Gasteiger partial charge in [-0.1, -0.05) is 0 Å². The summed E-state index contributed by atoms with van der Waals surface area (Å²) in [4.78, 5) is 41.6. The number of pyridine rings is 1. The first-order valence-electron chi connectivity index (χ1n) is 9.80. The van der Waals surface area contributed by atoms with Crippen molar-refractivity contribution in [3.8, 4) is 5.75 Å². The first kappa shape index (κ1) is 21.7. The lowest BCUT2D eigenvalue weighted by Gasteiger charge is -2.42. The van der Waals surface area contributed by atoms with Crippen LogP contribution in [0.4, 0.5) is 13.2 Å². The molecule has 1 aromatic heterocycles. The van der Waals surface area contributed by atoms with Gasteiger partial charge in [-0.25, -0.2) is 13.2 Å². The van der Waals surface area contributed by atoms with Gasteiger partial charge in [-0.3, -0.25) is 24.1 Å². The highest BCUT2D eigenvalue weighted by molar-refractivity contribution is 5.99. The number of carbonyl (C=O) groups excluding carboxylic acids is 2. The molecule has 2 amide bonds. The predicted octanol–water partition coefficient (Wildman–Crippen LogP) is 0.198. The van der Waals surface area contributed by atoms with Gasteiger partial charge < -0.3 is 20.2 Å². The van der Waals surface area contributed by atoms with Gasteiger partial charge in [0.2, 0.25) is 5.43 Å². The number of aromatic nitrogens is 1. The molecule has 3 heterocycles. The number of likely N-dealkylation sites (N-methyl/N-ethyl adjacent to an activating group) is 1. The third kappa shape index (κ3) is 3.77. The highest BCUT2D eigenvalue weighted by Crippen LogP contribution is 2.22. The van der Waals surface area contributed by atoms with Crippen LogP contribution >= 0.6 is 0 Å². The van der Waals surface area contributed by atoms with E-state index < -0.39 is 58.1 Å².